The Kier molecular flexibility index (Phi) is 7.25. The predicted molar refractivity (Wildman–Crippen MR) is 91.5 cm³/mol. The third kappa shape index (κ3) is 6.82. The molecule has 0 atom stereocenters. The lowest BCUT2D eigenvalue weighted by molar-refractivity contribution is -0.126. The number of aromatic carboxylic acids is 1. The fourth-order valence-corrected chi connectivity index (χ4v) is 2.76. The van der Waals surface area contributed by atoms with Gasteiger partial charge in [0, 0.05) is 18.9 Å². The second kappa shape index (κ2) is 9.66. The quantitative estimate of drug-likeness (QED) is 0.589. The molecule has 0 aliphatic heterocycles. The lowest BCUT2D eigenvalue weighted by Gasteiger charge is -2.12. The minimum Gasteiger partial charge on any atom is -0.492 e. The molecule has 1 aromatic carbocycles. The largest absolute Gasteiger partial charge is 0.492 e. The highest BCUT2D eigenvalue weighted by Crippen LogP contribution is 2.17. The minimum atomic E-state index is -1.02. The number of ether oxygens (including phenoxy) is 1. The highest BCUT2D eigenvalue weighted by Gasteiger charge is 2.17. The molecule has 2 rings (SSSR count). The van der Waals surface area contributed by atoms with Gasteiger partial charge >= 0.3 is 5.97 Å². The van der Waals surface area contributed by atoms with Crippen LogP contribution in [0.5, 0.6) is 5.75 Å². The van der Waals surface area contributed by atoms with E-state index in [0.717, 1.165) is 25.7 Å². The summed E-state index contributed by atoms with van der Waals surface area (Å²) in [4.78, 5) is 34.3. The van der Waals surface area contributed by atoms with Gasteiger partial charge in [0.15, 0.2) is 0 Å². The van der Waals surface area contributed by atoms with E-state index in [0.29, 0.717) is 12.3 Å². The van der Waals surface area contributed by atoms with Crippen molar-refractivity contribution in [2.45, 2.75) is 44.6 Å². The third-order valence-electron chi connectivity index (χ3n) is 4.07. The molecule has 0 unspecified atom stereocenters. The van der Waals surface area contributed by atoms with Crippen molar-refractivity contribution in [3.05, 3.63) is 29.8 Å². The first kappa shape index (κ1) is 18.8. The van der Waals surface area contributed by atoms with Crippen LogP contribution < -0.4 is 15.4 Å². The highest BCUT2D eigenvalue weighted by molar-refractivity contribution is 5.88. The molecular weight excluding hydrogens is 324 g/mol. The summed E-state index contributed by atoms with van der Waals surface area (Å²) in [6, 6.07) is 6.43. The lowest BCUT2D eigenvalue weighted by atomic mass is 10.2. The number of carbonyl (C=O) groups is 3. The average molecular weight is 348 g/mol. The number of nitrogens with one attached hydrogen (secondary N) is 2. The van der Waals surface area contributed by atoms with Crippen LogP contribution in [0.1, 0.15) is 48.9 Å². The zero-order valence-corrected chi connectivity index (χ0v) is 14.1. The minimum absolute atomic E-state index is 0.0798. The fourth-order valence-electron chi connectivity index (χ4n) is 2.76. The molecule has 25 heavy (non-hydrogen) atoms. The van der Waals surface area contributed by atoms with Gasteiger partial charge in [-0.25, -0.2) is 4.79 Å². The van der Waals surface area contributed by atoms with Gasteiger partial charge in [-0.1, -0.05) is 18.9 Å². The zero-order valence-electron chi connectivity index (χ0n) is 14.1. The maximum absolute atomic E-state index is 11.7. The summed E-state index contributed by atoms with van der Waals surface area (Å²) < 4.78 is 5.40. The van der Waals surface area contributed by atoms with Gasteiger partial charge in [-0.2, -0.15) is 0 Å². The Morgan fingerprint density at radius 3 is 2.56 bits per heavy atom. The normalized spacial score (nSPS) is 14.1. The Morgan fingerprint density at radius 2 is 1.84 bits per heavy atom. The Morgan fingerprint density at radius 1 is 1.12 bits per heavy atom. The van der Waals surface area contributed by atoms with Gasteiger partial charge in [-0.05, 0) is 31.0 Å². The maximum atomic E-state index is 11.7. The summed E-state index contributed by atoms with van der Waals surface area (Å²) in [5, 5.41) is 14.5. The maximum Gasteiger partial charge on any atom is 0.335 e. The van der Waals surface area contributed by atoms with Crippen LogP contribution in [0.25, 0.3) is 0 Å². The lowest BCUT2D eigenvalue weighted by Crippen LogP contribution is -2.34. The van der Waals surface area contributed by atoms with E-state index in [9.17, 15) is 14.4 Å². The van der Waals surface area contributed by atoms with Crippen LogP contribution in [0, 0.1) is 0 Å². The van der Waals surface area contributed by atoms with Crippen molar-refractivity contribution < 1.29 is 24.2 Å². The molecule has 0 radical (unpaired) electrons. The van der Waals surface area contributed by atoms with Crippen LogP contribution in [0.2, 0.25) is 0 Å². The Bertz CT molecular complexity index is 611. The molecule has 0 heterocycles. The topological polar surface area (TPSA) is 105 Å². The number of benzene rings is 1. The van der Waals surface area contributed by atoms with E-state index in [4.69, 9.17) is 9.84 Å². The van der Waals surface area contributed by atoms with Crippen LogP contribution in [-0.2, 0) is 9.59 Å². The predicted octanol–water partition coefficient (Wildman–Crippen LogP) is 1.72. The van der Waals surface area contributed by atoms with Gasteiger partial charge < -0.3 is 20.5 Å². The van der Waals surface area contributed by atoms with Gasteiger partial charge in [0.25, 0.3) is 0 Å². The molecule has 3 N–H and O–H groups in total. The Labute approximate surface area is 146 Å². The summed E-state index contributed by atoms with van der Waals surface area (Å²) in [6.45, 7) is 0.517. The van der Waals surface area contributed by atoms with Gasteiger partial charge in [0.2, 0.25) is 11.8 Å². The number of carbonyl (C=O) groups excluding carboxylic acids is 2. The van der Waals surface area contributed by atoms with Crippen molar-refractivity contribution >= 4 is 17.8 Å². The molecule has 7 nitrogen and oxygen atoms in total. The number of rotatable bonds is 9. The first-order chi connectivity index (χ1) is 12.0. The molecule has 1 aromatic rings. The van der Waals surface area contributed by atoms with Crippen molar-refractivity contribution in [2.75, 3.05) is 13.2 Å². The molecule has 0 spiro atoms. The van der Waals surface area contributed by atoms with Crippen molar-refractivity contribution in [3.63, 3.8) is 0 Å². The van der Waals surface area contributed by atoms with E-state index in [1.807, 2.05) is 0 Å². The van der Waals surface area contributed by atoms with E-state index >= 15 is 0 Å². The van der Waals surface area contributed by atoms with Crippen LogP contribution in [0.15, 0.2) is 24.3 Å². The van der Waals surface area contributed by atoms with Crippen molar-refractivity contribution in [3.8, 4) is 5.75 Å². The van der Waals surface area contributed by atoms with Crippen LogP contribution >= 0.6 is 0 Å². The molecule has 0 saturated heterocycles. The molecule has 2 amide bonds. The Hall–Kier alpha value is -2.57. The van der Waals surface area contributed by atoms with E-state index in [1.54, 1.807) is 12.1 Å². The van der Waals surface area contributed by atoms with Crippen molar-refractivity contribution in [2.24, 2.45) is 0 Å². The molecule has 0 aromatic heterocycles. The van der Waals surface area contributed by atoms with Gasteiger partial charge in [0.05, 0.1) is 12.1 Å². The average Bonchev–Trinajstić information content (AvgIpc) is 3.10. The summed E-state index contributed by atoms with van der Waals surface area (Å²) in [5.74, 6) is -0.868. The standard InChI is InChI=1S/C18H24N2O5/c21-16(8-9-17(22)20-14-5-1-2-6-14)19-10-11-25-15-7-3-4-13(12-15)18(23)24/h3-4,7,12,14H,1-2,5-6,8-11H2,(H,19,21)(H,20,22)(H,23,24). The molecule has 1 aliphatic rings. The number of carboxylic acids is 1. The second-order valence-corrected chi connectivity index (χ2v) is 6.08. The summed E-state index contributed by atoms with van der Waals surface area (Å²) >= 11 is 0. The van der Waals surface area contributed by atoms with E-state index in [1.165, 1.54) is 12.1 Å². The van der Waals surface area contributed by atoms with E-state index in [2.05, 4.69) is 10.6 Å². The Balaban J connectivity index is 1.58. The molecule has 7 heteroatoms. The van der Waals surface area contributed by atoms with Crippen molar-refractivity contribution in [1.82, 2.24) is 10.6 Å². The third-order valence-corrected chi connectivity index (χ3v) is 4.07. The van der Waals surface area contributed by atoms with Gasteiger partial charge in [0.1, 0.15) is 12.4 Å². The summed E-state index contributed by atoms with van der Waals surface area (Å²) in [7, 11) is 0. The number of hydrogen-bond donors (Lipinski definition) is 3. The van der Waals surface area contributed by atoms with E-state index in [-0.39, 0.29) is 42.9 Å². The van der Waals surface area contributed by atoms with Crippen LogP contribution in [0.3, 0.4) is 0 Å². The molecular formula is C18H24N2O5. The molecule has 1 aliphatic carbocycles. The molecule has 1 fully saturated rings. The summed E-state index contributed by atoms with van der Waals surface area (Å²) in [6.07, 6.45) is 4.69. The highest BCUT2D eigenvalue weighted by atomic mass is 16.5. The van der Waals surface area contributed by atoms with Crippen LogP contribution in [0.4, 0.5) is 0 Å². The molecule has 1 saturated carbocycles. The SMILES string of the molecule is O=C(CCC(=O)NC1CCCC1)NCCOc1cccc(C(=O)O)c1. The van der Waals surface area contributed by atoms with Crippen molar-refractivity contribution in [1.29, 1.82) is 0 Å². The van der Waals surface area contributed by atoms with Gasteiger partial charge in [-0.3, -0.25) is 9.59 Å². The molecule has 0 bridgehead atoms. The smallest absolute Gasteiger partial charge is 0.335 e. The first-order valence-electron chi connectivity index (χ1n) is 8.57. The monoisotopic (exact) mass is 348 g/mol. The van der Waals surface area contributed by atoms with Crippen LogP contribution in [-0.4, -0.2) is 42.1 Å². The van der Waals surface area contributed by atoms with E-state index < -0.39 is 5.97 Å². The second-order valence-electron chi connectivity index (χ2n) is 6.08. The number of carboxylic acid groups (broad SMARTS) is 1. The number of hydrogen-bond acceptors (Lipinski definition) is 4. The van der Waals surface area contributed by atoms with Gasteiger partial charge in [-0.15, -0.1) is 0 Å². The zero-order chi connectivity index (χ0) is 18.1. The summed E-state index contributed by atoms with van der Waals surface area (Å²) in [5.41, 5.74) is 0.148. The first-order valence-corrected chi connectivity index (χ1v) is 8.57. The number of amides is 2. The molecule has 136 valence electrons. The fraction of sp³-hybridized carbons (Fsp3) is 0.500.